The summed E-state index contributed by atoms with van der Waals surface area (Å²) < 4.78 is 35.2. The Morgan fingerprint density at radius 2 is 1.87 bits per heavy atom. The molecule has 15 heavy (non-hydrogen) atoms. The van der Waals surface area contributed by atoms with Crippen molar-refractivity contribution < 1.29 is 18.0 Å². The van der Waals surface area contributed by atoms with E-state index in [-0.39, 0.29) is 6.42 Å². The normalized spacial score (nSPS) is 18.1. The van der Waals surface area contributed by atoms with Crippen LogP contribution in [0.25, 0.3) is 0 Å². The first-order chi connectivity index (χ1) is 6.97. The van der Waals surface area contributed by atoms with Gasteiger partial charge in [-0.05, 0) is 12.3 Å². The van der Waals surface area contributed by atoms with E-state index in [2.05, 4.69) is 0 Å². The van der Waals surface area contributed by atoms with Crippen molar-refractivity contribution in [2.75, 3.05) is 6.54 Å². The van der Waals surface area contributed by atoms with Crippen molar-refractivity contribution >= 4 is 5.91 Å². The zero-order valence-electron chi connectivity index (χ0n) is 8.57. The second-order valence-electron chi connectivity index (χ2n) is 4.08. The summed E-state index contributed by atoms with van der Waals surface area (Å²) in [7, 11) is 0. The van der Waals surface area contributed by atoms with Crippen LogP contribution in [0.5, 0.6) is 0 Å². The molecule has 2 nitrogen and oxygen atoms in total. The van der Waals surface area contributed by atoms with Crippen molar-refractivity contribution in [1.29, 1.82) is 0 Å². The lowest BCUT2D eigenvalue weighted by molar-refractivity contribution is -0.138. The van der Waals surface area contributed by atoms with Crippen LogP contribution in [0, 0.1) is 5.92 Å². The SMILES string of the molecule is O=C(CCC1CCCC1)NCC(F)(F)F. The van der Waals surface area contributed by atoms with Gasteiger partial charge in [0.25, 0.3) is 0 Å². The van der Waals surface area contributed by atoms with Crippen LogP contribution in [0.4, 0.5) is 13.2 Å². The second kappa shape index (κ2) is 5.37. The molecule has 0 radical (unpaired) electrons. The fourth-order valence-corrected chi connectivity index (χ4v) is 1.92. The molecule has 0 aromatic rings. The molecule has 0 bridgehead atoms. The molecular weight excluding hydrogens is 207 g/mol. The molecule has 1 rings (SSSR count). The molecule has 0 aromatic carbocycles. The van der Waals surface area contributed by atoms with E-state index in [1.54, 1.807) is 0 Å². The van der Waals surface area contributed by atoms with Crippen molar-refractivity contribution in [3.63, 3.8) is 0 Å². The third-order valence-corrected chi connectivity index (χ3v) is 2.74. The van der Waals surface area contributed by atoms with E-state index < -0.39 is 18.6 Å². The van der Waals surface area contributed by atoms with Gasteiger partial charge < -0.3 is 5.32 Å². The standard InChI is InChI=1S/C10H16F3NO/c11-10(12,13)7-14-9(15)6-5-8-3-1-2-4-8/h8H,1-7H2,(H,14,15). The van der Waals surface area contributed by atoms with Gasteiger partial charge in [0.2, 0.25) is 5.91 Å². The number of rotatable bonds is 4. The number of hydrogen-bond acceptors (Lipinski definition) is 1. The molecule has 1 N–H and O–H groups in total. The van der Waals surface area contributed by atoms with Crippen LogP contribution >= 0.6 is 0 Å². The lowest BCUT2D eigenvalue weighted by Gasteiger charge is -2.10. The molecule has 1 amide bonds. The molecule has 0 spiro atoms. The Bertz CT molecular complexity index is 209. The Morgan fingerprint density at radius 3 is 2.40 bits per heavy atom. The number of halogens is 3. The van der Waals surface area contributed by atoms with Crippen LogP contribution in [-0.4, -0.2) is 18.6 Å². The fourth-order valence-electron chi connectivity index (χ4n) is 1.92. The molecule has 0 unspecified atom stereocenters. The predicted molar refractivity (Wildman–Crippen MR) is 50.3 cm³/mol. The molecule has 0 aliphatic heterocycles. The van der Waals surface area contributed by atoms with Gasteiger partial charge in [-0.25, -0.2) is 0 Å². The summed E-state index contributed by atoms with van der Waals surface area (Å²) in [6.07, 6.45) is 1.26. The van der Waals surface area contributed by atoms with E-state index in [9.17, 15) is 18.0 Å². The molecule has 0 atom stereocenters. The molecule has 0 aromatic heterocycles. The van der Waals surface area contributed by atoms with Crippen molar-refractivity contribution in [2.45, 2.75) is 44.7 Å². The zero-order valence-corrected chi connectivity index (χ0v) is 8.57. The van der Waals surface area contributed by atoms with E-state index in [0.717, 1.165) is 19.3 Å². The molecule has 1 aliphatic carbocycles. The molecular formula is C10H16F3NO. The number of carbonyl (C=O) groups excluding carboxylic acids is 1. The van der Waals surface area contributed by atoms with E-state index in [1.807, 2.05) is 5.32 Å². The Balaban J connectivity index is 2.08. The van der Waals surface area contributed by atoms with E-state index in [4.69, 9.17) is 0 Å². The fraction of sp³-hybridized carbons (Fsp3) is 0.900. The number of alkyl halides is 3. The Labute approximate surface area is 87.2 Å². The number of hydrogen-bond donors (Lipinski definition) is 1. The zero-order chi connectivity index (χ0) is 11.3. The van der Waals surface area contributed by atoms with Crippen molar-refractivity contribution in [2.24, 2.45) is 5.92 Å². The minimum atomic E-state index is -4.30. The van der Waals surface area contributed by atoms with Crippen LogP contribution in [0.15, 0.2) is 0 Å². The lowest BCUT2D eigenvalue weighted by Crippen LogP contribution is -2.33. The average molecular weight is 223 g/mol. The van der Waals surface area contributed by atoms with Gasteiger partial charge in [-0.1, -0.05) is 25.7 Å². The summed E-state index contributed by atoms with van der Waals surface area (Å²) in [5.41, 5.74) is 0. The van der Waals surface area contributed by atoms with Crippen molar-refractivity contribution in [1.82, 2.24) is 5.32 Å². The third kappa shape index (κ3) is 5.64. The number of amides is 1. The first-order valence-electron chi connectivity index (χ1n) is 5.31. The van der Waals surface area contributed by atoms with Crippen molar-refractivity contribution in [3.8, 4) is 0 Å². The summed E-state index contributed by atoms with van der Waals surface area (Å²) in [5.74, 6) is 0.0564. The van der Waals surface area contributed by atoms with Gasteiger partial charge in [0.1, 0.15) is 6.54 Å². The average Bonchev–Trinajstić information content (AvgIpc) is 2.62. The summed E-state index contributed by atoms with van der Waals surface area (Å²) in [6, 6.07) is 0. The molecule has 1 fully saturated rings. The Hall–Kier alpha value is -0.740. The Morgan fingerprint density at radius 1 is 1.27 bits per heavy atom. The summed E-state index contributed by atoms with van der Waals surface area (Å²) >= 11 is 0. The number of carbonyl (C=O) groups is 1. The van der Waals surface area contributed by atoms with E-state index in [0.29, 0.717) is 5.92 Å². The maximum Gasteiger partial charge on any atom is 0.405 e. The lowest BCUT2D eigenvalue weighted by atomic mass is 10.0. The highest BCUT2D eigenvalue weighted by Gasteiger charge is 2.27. The van der Waals surface area contributed by atoms with Crippen molar-refractivity contribution in [3.05, 3.63) is 0 Å². The number of nitrogens with one attached hydrogen (secondary N) is 1. The topological polar surface area (TPSA) is 29.1 Å². The minimum Gasteiger partial charge on any atom is -0.347 e. The third-order valence-electron chi connectivity index (χ3n) is 2.74. The quantitative estimate of drug-likeness (QED) is 0.779. The minimum absolute atomic E-state index is 0.223. The molecule has 1 saturated carbocycles. The molecule has 88 valence electrons. The largest absolute Gasteiger partial charge is 0.405 e. The summed E-state index contributed by atoms with van der Waals surface area (Å²) in [4.78, 5) is 11.0. The first kappa shape index (κ1) is 12.3. The molecule has 5 heteroatoms. The van der Waals surface area contributed by atoms with Crippen LogP contribution in [-0.2, 0) is 4.79 Å². The Kier molecular flexibility index (Phi) is 4.42. The maximum atomic E-state index is 11.7. The second-order valence-corrected chi connectivity index (χ2v) is 4.08. The highest BCUT2D eigenvalue weighted by Crippen LogP contribution is 2.28. The summed E-state index contributed by atoms with van der Waals surface area (Å²) in [6.45, 7) is -1.21. The van der Waals surface area contributed by atoms with Crippen LogP contribution < -0.4 is 5.32 Å². The molecule has 0 saturated heterocycles. The summed E-state index contributed by atoms with van der Waals surface area (Å²) in [5, 5.41) is 1.88. The van der Waals surface area contributed by atoms with Gasteiger partial charge >= 0.3 is 6.18 Å². The maximum absolute atomic E-state index is 11.7. The van der Waals surface area contributed by atoms with Gasteiger partial charge in [0, 0.05) is 6.42 Å². The van der Waals surface area contributed by atoms with Gasteiger partial charge in [0.15, 0.2) is 0 Å². The smallest absolute Gasteiger partial charge is 0.347 e. The van der Waals surface area contributed by atoms with Crippen LogP contribution in [0.3, 0.4) is 0 Å². The molecule has 0 heterocycles. The van der Waals surface area contributed by atoms with E-state index in [1.165, 1.54) is 12.8 Å². The van der Waals surface area contributed by atoms with Crippen LogP contribution in [0.2, 0.25) is 0 Å². The molecule has 1 aliphatic rings. The van der Waals surface area contributed by atoms with Crippen LogP contribution in [0.1, 0.15) is 38.5 Å². The highest BCUT2D eigenvalue weighted by molar-refractivity contribution is 5.75. The van der Waals surface area contributed by atoms with Gasteiger partial charge in [-0.15, -0.1) is 0 Å². The highest BCUT2D eigenvalue weighted by atomic mass is 19.4. The first-order valence-corrected chi connectivity index (χ1v) is 5.31. The van der Waals surface area contributed by atoms with Gasteiger partial charge in [-0.2, -0.15) is 13.2 Å². The monoisotopic (exact) mass is 223 g/mol. The predicted octanol–water partition coefficient (Wildman–Crippen LogP) is 2.64. The van der Waals surface area contributed by atoms with Gasteiger partial charge in [0.05, 0.1) is 0 Å². The van der Waals surface area contributed by atoms with Gasteiger partial charge in [-0.3, -0.25) is 4.79 Å². The van der Waals surface area contributed by atoms with E-state index >= 15 is 0 Å².